The van der Waals surface area contributed by atoms with Gasteiger partial charge in [0.25, 0.3) is 17.7 Å². The molecule has 3 amide bonds. The van der Waals surface area contributed by atoms with E-state index in [9.17, 15) is 19.5 Å². The molecule has 2 N–H and O–H groups in total. The van der Waals surface area contributed by atoms with E-state index in [0.717, 1.165) is 95.4 Å². The van der Waals surface area contributed by atoms with Gasteiger partial charge in [-0.05, 0) is 297 Å². The maximum atomic E-state index is 13.8. The van der Waals surface area contributed by atoms with Crippen LogP contribution in [-0.4, -0.2) is 56.1 Å². The molecule has 443 valence electrons. The number of hydrogen-bond acceptors (Lipinski definition) is 5. The van der Waals surface area contributed by atoms with Crippen molar-refractivity contribution in [2.24, 2.45) is 21.1 Å². The van der Waals surface area contributed by atoms with Gasteiger partial charge in [0.15, 0.2) is 0 Å². The van der Waals surface area contributed by atoms with Crippen molar-refractivity contribution in [1.82, 2.24) is 13.7 Å². The van der Waals surface area contributed by atoms with Crippen LogP contribution in [0, 0.1) is 145 Å². The van der Waals surface area contributed by atoms with Crippen LogP contribution < -0.4 is 15.1 Å². The molecular formula is C71H94N6O5V. The molecule has 6 aromatic rings. The van der Waals surface area contributed by atoms with Crippen molar-refractivity contribution in [3.63, 3.8) is 0 Å². The van der Waals surface area contributed by atoms with E-state index in [1.54, 1.807) is 18.9 Å². The number of ether oxygens (including phenoxy) is 1. The zero-order valence-corrected chi connectivity index (χ0v) is 57.3. The van der Waals surface area contributed by atoms with Gasteiger partial charge in [0, 0.05) is 97.7 Å². The average Bonchev–Trinajstić information content (AvgIpc) is 4.35. The standard InChI is InChI=1S/C25H34N2O2.C24H32N2O2.C22H28N2O.V/c1-12-13(2)16(5)24-21(15(12)4)22(25(28)27(24)20(9)29-11)18(7)23-17(6)14(3)19(8)26(23)10;1-11-12(2)15(5)23-20(14(11)4)21(24(28)26(23)19(9)27)17(7)22-16(6)13(3)18(8)25(22)10;1-10-11(2)14(5)20-18(13(10)4)19(22(25)23-20)16(7)21-15(6)12(3)17(8)24(21)9;/h20H,1-11H3;19,27H,1-10H3;1-9H3,(H,23,25);. The molecule has 3 aliphatic heterocycles. The smallest absolute Gasteiger partial charge is 0.261 e. The number of aromatic nitrogens is 3. The number of aliphatic hydroxyl groups is 1. The molecule has 6 heterocycles. The second kappa shape index (κ2) is 23.6. The van der Waals surface area contributed by atoms with E-state index >= 15 is 0 Å². The Morgan fingerprint density at radius 2 is 0.687 bits per heavy atom. The predicted molar refractivity (Wildman–Crippen MR) is 344 cm³/mol. The van der Waals surface area contributed by atoms with Gasteiger partial charge in [-0.3, -0.25) is 24.2 Å². The average molecular weight is 1160 g/mol. The van der Waals surface area contributed by atoms with Crippen LogP contribution in [0.1, 0.15) is 186 Å². The topological polar surface area (TPSA) is 114 Å². The summed E-state index contributed by atoms with van der Waals surface area (Å²) in [7, 11) is 7.88. The van der Waals surface area contributed by atoms with Crippen LogP contribution in [0.3, 0.4) is 0 Å². The van der Waals surface area contributed by atoms with Crippen LogP contribution in [0.5, 0.6) is 0 Å². The molecule has 0 saturated carbocycles. The van der Waals surface area contributed by atoms with E-state index in [0.29, 0.717) is 5.57 Å². The molecule has 83 heavy (non-hydrogen) atoms. The molecule has 12 heteroatoms. The predicted octanol–water partition coefficient (Wildman–Crippen LogP) is 15.3. The largest absolute Gasteiger partial charge is 0.373 e. The van der Waals surface area contributed by atoms with Crippen LogP contribution in [0.15, 0.2) is 0 Å². The van der Waals surface area contributed by atoms with E-state index < -0.39 is 6.23 Å². The van der Waals surface area contributed by atoms with Crippen molar-refractivity contribution in [3.8, 4) is 0 Å². The molecule has 0 saturated heterocycles. The zero-order chi connectivity index (χ0) is 62.0. The summed E-state index contributed by atoms with van der Waals surface area (Å²) in [5, 5.41) is 13.6. The van der Waals surface area contributed by atoms with Gasteiger partial charge in [-0.2, -0.15) is 0 Å². The summed E-state index contributed by atoms with van der Waals surface area (Å²) in [6, 6.07) is 0. The Bertz CT molecular complexity index is 3820. The number of amides is 3. The third-order valence-corrected chi connectivity index (χ3v) is 20.7. The Labute approximate surface area is 508 Å². The minimum Gasteiger partial charge on any atom is -0.373 e. The molecule has 3 aromatic carbocycles. The normalized spacial score (nSPS) is 16.1. The van der Waals surface area contributed by atoms with Crippen LogP contribution >= 0.6 is 0 Å². The number of nitrogens with zero attached hydrogens (tertiary/aromatic N) is 5. The van der Waals surface area contributed by atoms with Crippen LogP contribution in [0.25, 0.3) is 33.4 Å². The first kappa shape index (κ1) is 65.8. The Morgan fingerprint density at radius 3 is 1.00 bits per heavy atom. The number of carbonyl (C=O) groups is 3. The van der Waals surface area contributed by atoms with E-state index in [1.165, 1.54) is 101 Å². The number of anilines is 3. The van der Waals surface area contributed by atoms with Crippen molar-refractivity contribution in [1.29, 1.82) is 0 Å². The van der Waals surface area contributed by atoms with Gasteiger partial charge in [-0.15, -0.1) is 0 Å². The van der Waals surface area contributed by atoms with E-state index in [1.807, 2.05) is 25.7 Å². The van der Waals surface area contributed by atoms with Crippen molar-refractivity contribution >= 4 is 68.2 Å². The van der Waals surface area contributed by atoms with E-state index in [-0.39, 0.29) is 42.5 Å². The van der Waals surface area contributed by atoms with Crippen molar-refractivity contribution in [2.75, 3.05) is 22.2 Å². The summed E-state index contributed by atoms with van der Waals surface area (Å²) in [5.41, 5.74) is 40.2. The summed E-state index contributed by atoms with van der Waals surface area (Å²) in [4.78, 5) is 43.7. The van der Waals surface area contributed by atoms with Gasteiger partial charge in [-0.25, -0.2) is 0 Å². The van der Waals surface area contributed by atoms with Gasteiger partial charge in [0.05, 0.1) is 33.8 Å². The van der Waals surface area contributed by atoms with E-state index in [2.05, 4.69) is 192 Å². The maximum Gasteiger partial charge on any atom is 0.261 e. The summed E-state index contributed by atoms with van der Waals surface area (Å²) in [5.74, 6) is -0.0758. The third-order valence-electron chi connectivity index (χ3n) is 20.7. The van der Waals surface area contributed by atoms with Gasteiger partial charge in [-0.1, -0.05) is 0 Å². The van der Waals surface area contributed by atoms with Crippen molar-refractivity contribution in [2.45, 2.75) is 192 Å². The second-order valence-electron chi connectivity index (χ2n) is 24.2. The van der Waals surface area contributed by atoms with Gasteiger partial charge < -0.3 is 28.9 Å². The fraction of sp³-hybridized carbons (Fsp3) is 0.451. The minimum atomic E-state index is -0.880. The fourth-order valence-electron chi connectivity index (χ4n) is 13.7. The molecule has 0 spiro atoms. The zero-order valence-electron chi connectivity index (χ0n) is 55.9. The molecular weight excluding hydrogens is 1070 g/mol. The molecule has 9 rings (SSSR count). The number of benzene rings is 3. The van der Waals surface area contributed by atoms with Gasteiger partial charge >= 0.3 is 0 Å². The number of aliphatic hydroxyl groups excluding tert-OH is 1. The first-order valence-electron chi connectivity index (χ1n) is 29.0. The second-order valence-corrected chi connectivity index (χ2v) is 24.2. The Kier molecular flexibility index (Phi) is 18.7. The molecule has 0 bridgehead atoms. The quantitative estimate of drug-likeness (QED) is 0.161. The number of nitrogens with one attached hydrogen (secondary N) is 1. The molecule has 11 nitrogen and oxygen atoms in total. The number of rotatable bonds is 6. The number of hydrogen-bond donors (Lipinski definition) is 2. The Hall–Kier alpha value is -6.37. The molecule has 2 atom stereocenters. The molecule has 3 aromatic heterocycles. The van der Waals surface area contributed by atoms with Crippen molar-refractivity contribution < 1.29 is 42.8 Å². The van der Waals surface area contributed by atoms with Gasteiger partial charge in [0.1, 0.15) is 12.5 Å². The number of fused-ring (bicyclic) bond motifs is 3. The maximum absolute atomic E-state index is 13.8. The molecule has 2 unspecified atom stereocenters. The summed E-state index contributed by atoms with van der Waals surface area (Å²) < 4.78 is 12.2. The van der Waals surface area contributed by atoms with E-state index in [4.69, 9.17) is 4.74 Å². The number of carbonyl (C=O) groups excluding carboxylic acids is 3. The minimum absolute atomic E-state index is 0. The Morgan fingerprint density at radius 1 is 0.398 bits per heavy atom. The fourth-order valence-corrected chi connectivity index (χ4v) is 13.7. The Balaban J connectivity index is 0.000000199. The van der Waals surface area contributed by atoms with Gasteiger partial charge in [0.2, 0.25) is 0 Å². The van der Waals surface area contributed by atoms with Crippen molar-refractivity contribution in [3.05, 3.63) is 151 Å². The van der Waals surface area contributed by atoms with Crippen LogP contribution in [-0.2, 0) is 58.8 Å². The van der Waals surface area contributed by atoms with Crippen LogP contribution in [0.2, 0.25) is 0 Å². The number of methoxy groups -OCH3 is 1. The molecule has 1 radical (unpaired) electrons. The monoisotopic (exact) mass is 1160 g/mol. The molecule has 0 fully saturated rings. The SMILES string of the molecule is CC(=C1C(=O)N(C(C)O)c2c(C)c(C)c(C)c(C)c21)c1c(C)c(C)c(C)n1C.CC(=C1C(=O)Nc2c(C)c(C)c(C)c(C)c21)c1c(C)c(C)c(C)n1C.COC(C)N1C(=O)C(=C(C)c2c(C)c(C)c(C)n2C)c2c(C)c(C)c(C)c(C)c21.[V]. The molecule has 3 aliphatic rings. The summed E-state index contributed by atoms with van der Waals surface area (Å²) in [6.45, 7) is 54.4. The summed E-state index contributed by atoms with van der Waals surface area (Å²) in [6.07, 6.45) is -1.21. The molecule has 0 aliphatic carbocycles. The van der Waals surface area contributed by atoms with Crippen LogP contribution in [0.4, 0.5) is 17.1 Å². The third kappa shape index (κ3) is 9.89. The first-order valence-corrected chi connectivity index (χ1v) is 29.0. The number of allylic oxidation sites excluding steroid dienone is 3. The summed E-state index contributed by atoms with van der Waals surface area (Å²) >= 11 is 0. The first-order chi connectivity index (χ1) is 38.0.